The average Bonchev–Trinajstić information content (AvgIpc) is 2.68. The van der Waals surface area contributed by atoms with Crippen molar-refractivity contribution in [3.05, 3.63) is 18.7 Å². The van der Waals surface area contributed by atoms with Gasteiger partial charge >= 0.3 is 0 Å². The van der Waals surface area contributed by atoms with Crippen molar-refractivity contribution in [3.8, 4) is 10.6 Å². The molecule has 0 saturated heterocycles. The molecule has 0 bridgehead atoms. The fraction of sp³-hybridized carbons (Fsp3) is 0.250. The van der Waals surface area contributed by atoms with Crippen LogP contribution in [0.3, 0.4) is 0 Å². The molecule has 2 heterocycles. The summed E-state index contributed by atoms with van der Waals surface area (Å²) in [6, 6.07) is 0. The van der Waals surface area contributed by atoms with Crippen LogP contribution in [0.2, 0.25) is 0 Å². The summed E-state index contributed by atoms with van der Waals surface area (Å²) in [7, 11) is 0. The van der Waals surface area contributed by atoms with Gasteiger partial charge in [0.05, 0.1) is 0 Å². The van der Waals surface area contributed by atoms with Gasteiger partial charge in [0, 0.05) is 24.5 Å². The highest BCUT2D eigenvalue weighted by Crippen LogP contribution is 2.24. The third kappa shape index (κ3) is 1.85. The van der Waals surface area contributed by atoms with Gasteiger partial charge in [-0.2, -0.15) is 0 Å². The molecule has 0 unspecified atom stereocenters. The van der Waals surface area contributed by atoms with E-state index in [0.29, 0.717) is 0 Å². The Hall–Kier alpha value is -1.56. The molecule has 2 aromatic rings. The topological polar surface area (TPSA) is 63.6 Å². The molecule has 2 aromatic heterocycles. The van der Waals surface area contributed by atoms with Gasteiger partial charge in [-0.25, -0.2) is 9.97 Å². The van der Waals surface area contributed by atoms with Crippen LogP contribution >= 0.6 is 11.3 Å². The van der Waals surface area contributed by atoms with Crippen molar-refractivity contribution in [3.63, 3.8) is 0 Å². The molecule has 0 fully saturated rings. The highest BCUT2D eigenvalue weighted by molar-refractivity contribution is 7.18. The SMILES string of the molecule is CCNc1nnc(-c2cncnc2)s1. The van der Waals surface area contributed by atoms with Crippen LogP contribution < -0.4 is 5.32 Å². The molecule has 2 rings (SSSR count). The van der Waals surface area contributed by atoms with E-state index in [4.69, 9.17) is 0 Å². The molecule has 0 saturated carbocycles. The monoisotopic (exact) mass is 207 g/mol. The maximum atomic E-state index is 4.03. The van der Waals surface area contributed by atoms with E-state index < -0.39 is 0 Å². The van der Waals surface area contributed by atoms with Crippen molar-refractivity contribution in [2.24, 2.45) is 0 Å². The second-order valence-electron chi connectivity index (χ2n) is 2.57. The Labute approximate surface area is 85.3 Å². The second kappa shape index (κ2) is 4.10. The van der Waals surface area contributed by atoms with Gasteiger partial charge in [0.15, 0.2) is 5.01 Å². The first-order chi connectivity index (χ1) is 6.90. The summed E-state index contributed by atoms with van der Waals surface area (Å²) in [5.74, 6) is 0. The minimum absolute atomic E-state index is 0.825. The van der Waals surface area contributed by atoms with Crippen LogP contribution in [0, 0.1) is 0 Å². The molecule has 14 heavy (non-hydrogen) atoms. The van der Waals surface area contributed by atoms with E-state index in [1.54, 1.807) is 12.4 Å². The second-order valence-corrected chi connectivity index (χ2v) is 3.55. The van der Waals surface area contributed by atoms with Crippen molar-refractivity contribution in [1.29, 1.82) is 0 Å². The average molecular weight is 207 g/mol. The highest BCUT2D eigenvalue weighted by Gasteiger charge is 2.05. The van der Waals surface area contributed by atoms with Crippen LogP contribution in [-0.4, -0.2) is 26.7 Å². The first-order valence-corrected chi connectivity index (χ1v) is 5.04. The van der Waals surface area contributed by atoms with Crippen molar-refractivity contribution >= 4 is 16.5 Å². The third-order valence-electron chi connectivity index (χ3n) is 1.56. The zero-order chi connectivity index (χ0) is 9.80. The molecule has 0 radical (unpaired) electrons. The summed E-state index contributed by atoms with van der Waals surface area (Å²) in [6.45, 7) is 2.87. The summed E-state index contributed by atoms with van der Waals surface area (Å²) in [5.41, 5.74) is 0.897. The zero-order valence-corrected chi connectivity index (χ0v) is 8.45. The molecule has 0 aliphatic carbocycles. The number of rotatable bonds is 3. The molecule has 0 aromatic carbocycles. The Morgan fingerprint density at radius 1 is 1.29 bits per heavy atom. The third-order valence-corrected chi connectivity index (χ3v) is 2.49. The van der Waals surface area contributed by atoms with Crippen molar-refractivity contribution in [2.75, 3.05) is 11.9 Å². The van der Waals surface area contributed by atoms with Gasteiger partial charge in [0.2, 0.25) is 5.13 Å². The first kappa shape index (κ1) is 9.01. The molecule has 0 spiro atoms. The summed E-state index contributed by atoms with van der Waals surface area (Å²) in [4.78, 5) is 7.85. The highest BCUT2D eigenvalue weighted by atomic mass is 32.1. The maximum Gasteiger partial charge on any atom is 0.205 e. The van der Waals surface area contributed by atoms with Gasteiger partial charge in [-0.15, -0.1) is 10.2 Å². The standard InChI is InChI=1S/C8H9N5S/c1-2-11-8-13-12-7(14-8)6-3-9-5-10-4-6/h3-5H,2H2,1H3,(H,11,13). The van der Waals surface area contributed by atoms with Crippen LogP contribution in [-0.2, 0) is 0 Å². The lowest BCUT2D eigenvalue weighted by Crippen LogP contribution is -1.94. The van der Waals surface area contributed by atoms with Crippen LogP contribution in [0.5, 0.6) is 0 Å². The number of hydrogen-bond acceptors (Lipinski definition) is 6. The minimum Gasteiger partial charge on any atom is -0.360 e. The Balaban J connectivity index is 2.25. The van der Waals surface area contributed by atoms with Crippen LogP contribution in [0.25, 0.3) is 10.6 Å². The van der Waals surface area contributed by atoms with Crippen LogP contribution in [0.15, 0.2) is 18.7 Å². The van der Waals surface area contributed by atoms with E-state index >= 15 is 0 Å². The van der Waals surface area contributed by atoms with E-state index in [1.807, 2.05) is 6.92 Å². The number of nitrogens with one attached hydrogen (secondary N) is 1. The molecule has 5 nitrogen and oxygen atoms in total. The Morgan fingerprint density at radius 3 is 2.79 bits per heavy atom. The Bertz CT molecular complexity index is 399. The summed E-state index contributed by atoms with van der Waals surface area (Å²) < 4.78 is 0. The summed E-state index contributed by atoms with van der Waals surface area (Å²) >= 11 is 1.50. The van der Waals surface area contributed by atoms with Crippen molar-refractivity contribution < 1.29 is 0 Å². The zero-order valence-electron chi connectivity index (χ0n) is 7.64. The van der Waals surface area contributed by atoms with E-state index in [0.717, 1.165) is 22.2 Å². The molecular formula is C8H9N5S. The van der Waals surface area contributed by atoms with Gasteiger partial charge in [-0.1, -0.05) is 11.3 Å². The first-order valence-electron chi connectivity index (χ1n) is 4.23. The largest absolute Gasteiger partial charge is 0.360 e. The lowest BCUT2D eigenvalue weighted by molar-refractivity contribution is 1.06. The fourth-order valence-electron chi connectivity index (χ4n) is 0.972. The molecule has 0 atom stereocenters. The van der Waals surface area contributed by atoms with Gasteiger partial charge in [-0.05, 0) is 6.92 Å². The van der Waals surface area contributed by atoms with E-state index in [2.05, 4.69) is 25.5 Å². The molecular weight excluding hydrogens is 198 g/mol. The minimum atomic E-state index is 0.825. The summed E-state index contributed by atoms with van der Waals surface area (Å²) in [6.07, 6.45) is 4.95. The van der Waals surface area contributed by atoms with Crippen LogP contribution in [0.1, 0.15) is 6.92 Å². The molecule has 0 amide bonds. The molecule has 1 N–H and O–H groups in total. The smallest absolute Gasteiger partial charge is 0.205 e. The Morgan fingerprint density at radius 2 is 2.07 bits per heavy atom. The maximum absolute atomic E-state index is 4.03. The molecule has 6 heteroatoms. The molecule has 72 valence electrons. The van der Waals surface area contributed by atoms with Gasteiger partial charge in [0.25, 0.3) is 0 Å². The Kier molecular flexibility index (Phi) is 2.64. The van der Waals surface area contributed by atoms with E-state index in [9.17, 15) is 0 Å². The number of aromatic nitrogens is 4. The van der Waals surface area contributed by atoms with Crippen molar-refractivity contribution in [2.45, 2.75) is 6.92 Å². The van der Waals surface area contributed by atoms with Gasteiger partial charge < -0.3 is 5.32 Å². The number of hydrogen-bond donors (Lipinski definition) is 1. The van der Waals surface area contributed by atoms with Gasteiger partial charge in [-0.3, -0.25) is 0 Å². The molecule has 0 aliphatic heterocycles. The van der Waals surface area contributed by atoms with E-state index in [1.165, 1.54) is 17.7 Å². The summed E-state index contributed by atoms with van der Waals surface area (Å²) in [5, 5.41) is 12.8. The molecule has 0 aliphatic rings. The van der Waals surface area contributed by atoms with Crippen LogP contribution in [0.4, 0.5) is 5.13 Å². The fourth-order valence-corrected chi connectivity index (χ4v) is 1.76. The normalized spacial score (nSPS) is 10.1. The lowest BCUT2D eigenvalue weighted by atomic mass is 10.4. The number of nitrogens with zero attached hydrogens (tertiary/aromatic N) is 4. The van der Waals surface area contributed by atoms with Gasteiger partial charge in [0.1, 0.15) is 6.33 Å². The predicted molar refractivity (Wildman–Crippen MR) is 55.1 cm³/mol. The van der Waals surface area contributed by atoms with Crippen molar-refractivity contribution in [1.82, 2.24) is 20.2 Å². The predicted octanol–water partition coefficient (Wildman–Crippen LogP) is 1.43. The van der Waals surface area contributed by atoms with E-state index in [-0.39, 0.29) is 0 Å². The quantitative estimate of drug-likeness (QED) is 0.824. The number of anilines is 1. The lowest BCUT2D eigenvalue weighted by Gasteiger charge is -1.92.